The Morgan fingerprint density at radius 2 is 1.75 bits per heavy atom. The van der Waals surface area contributed by atoms with Crippen LogP contribution in [0.5, 0.6) is 0 Å². The molecule has 0 amide bonds. The minimum absolute atomic E-state index is 0.103. The third-order valence-corrected chi connectivity index (χ3v) is 4.30. The van der Waals surface area contributed by atoms with Crippen molar-refractivity contribution < 1.29 is 0 Å². The summed E-state index contributed by atoms with van der Waals surface area (Å²) in [6.45, 7) is 6.71. The van der Waals surface area contributed by atoms with Crippen LogP contribution in [0.4, 0.5) is 0 Å². The molecule has 1 aromatic rings. The van der Waals surface area contributed by atoms with Crippen LogP contribution >= 0.6 is 0 Å². The number of benzene rings is 1. The first-order chi connectivity index (χ1) is 9.63. The monoisotopic (exact) mass is 276 g/mol. The zero-order valence-electron chi connectivity index (χ0n) is 13.7. The third kappa shape index (κ3) is 4.07. The predicted molar refractivity (Wildman–Crippen MR) is 88.8 cm³/mol. The van der Waals surface area contributed by atoms with E-state index in [9.17, 15) is 0 Å². The van der Waals surface area contributed by atoms with Crippen molar-refractivity contribution in [3.63, 3.8) is 0 Å². The van der Waals surface area contributed by atoms with Crippen molar-refractivity contribution in [3.05, 3.63) is 35.4 Å². The molecule has 0 aromatic heterocycles. The van der Waals surface area contributed by atoms with E-state index >= 15 is 0 Å². The summed E-state index contributed by atoms with van der Waals surface area (Å²) in [5, 5.41) is 3.59. The van der Waals surface area contributed by atoms with Gasteiger partial charge in [0.15, 0.2) is 0 Å². The fourth-order valence-corrected chi connectivity index (χ4v) is 3.21. The van der Waals surface area contributed by atoms with E-state index in [1.807, 2.05) is 0 Å². The smallest absolute Gasteiger partial charge is 0.0432 e. The van der Waals surface area contributed by atoms with Crippen LogP contribution in [-0.4, -0.2) is 7.05 Å². The standard InChI is InChI=1S/C18H32N2/c1-5-9-17(19)15-10-8-11-16(14-15)18(20-4,12-6-2)13-7-3/h8,10-11,14,17,20H,5-7,9,12-13,19H2,1-4H3. The fraction of sp³-hybridized carbons (Fsp3) is 0.667. The van der Waals surface area contributed by atoms with E-state index < -0.39 is 0 Å². The van der Waals surface area contributed by atoms with Crippen LogP contribution in [0, 0.1) is 0 Å². The minimum Gasteiger partial charge on any atom is -0.324 e. The summed E-state index contributed by atoms with van der Waals surface area (Å²) in [7, 11) is 2.09. The van der Waals surface area contributed by atoms with Gasteiger partial charge in [-0.05, 0) is 37.4 Å². The molecule has 0 radical (unpaired) electrons. The lowest BCUT2D eigenvalue weighted by Crippen LogP contribution is -2.40. The van der Waals surface area contributed by atoms with Crippen molar-refractivity contribution in [2.24, 2.45) is 5.73 Å². The first-order valence-corrected chi connectivity index (χ1v) is 8.18. The highest BCUT2D eigenvalue weighted by Crippen LogP contribution is 2.32. The highest BCUT2D eigenvalue weighted by atomic mass is 14.9. The molecule has 114 valence electrons. The Morgan fingerprint density at radius 3 is 2.25 bits per heavy atom. The van der Waals surface area contributed by atoms with Gasteiger partial charge in [0.05, 0.1) is 0 Å². The van der Waals surface area contributed by atoms with Crippen molar-refractivity contribution in [3.8, 4) is 0 Å². The number of hydrogen-bond donors (Lipinski definition) is 2. The van der Waals surface area contributed by atoms with Crippen LogP contribution < -0.4 is 11.1 Å². The molecule has 2 nitrogen and oxygen atoms in total. The van der Waals surface area contributed by atoms with Gasteiger partial charge < -0.3 is 11.1 Å². The normalized spacial score (nSPS) is 13.4. The summed E-state index contributed by atoms with van der Waals surface area (Å²) < 4.78 is 0. The van der Waals surface area contributed by atoms with E-state index in [0.717, 1.165) is 12.8 Å². The topological polar surface area (TPSA) is 38.0 Å². The van der Waals surface area contributed by atoms with Crippen molar-refractivity contribution in [1.29, 1.82) is 0 Å². The molecule has 0 saturated heterocycles. The van der Waals surface area contributed by atoms with Crippen LogP contribution in [0.1, 0.15) is 76.5 Å². The van der Waals surface area contributed by atoms with E-state index in [0.29, 0.717) is 0 Å². The summed E-state index contributed by atoms with van der Waals surface area (Å²) >= 11 is 0. The van der Waals surface area contributed by atoms with Crippen LogP contribution in [0.25, 0.3) is 0 Å². The maximum absolute atomic E-state index is 6.29. The van der Waals surface area contributed by atoms with Gasteiger partial charge in [-0.15, -0.1) is 0 Å². The third-order valence-electron chi connectivity index (χ3n) is 4.30. The van der Waals surface area contributed by atoms with E-state index in [1.54, 1.807) is 0 Å². The van der Waals surface area contributed by atoms with Gasteiger partial charge in [0.2, 0.25) is 0 Å². The Morgan fingerprint density at radius 1 is 1.10 bits per heavy atom. The molecular weight excluding hydrogens is 244 g/mol. The summed E-state index contributed by atoms with van der Waals surface area (Å²) in [5.74, 6) is 0. The molecule has 0 fully saturated rings. The molecule has 0 aliphatic rings. The van der Waals surface area contributed by atoms with Gasteiger partial charge >= 0.3 is 0 Å². The largest absolute Gasteiger partial charge is 0.324 e. The first kappa shape index (κ1) is 17.2. The number of nitrogens with two attached hydrogens (primary N) is 1. The minimum atomic E-state index is 0.103. The SMILES string of the molecule is CCCC(N)c1cccc(C(CCC)(CCC)NC)c1. The first-order valence-electron chi connectivity index (χ1n) is 8.18. The lowest BCUT2D eigenvalue weighted by atomic mass is 9.80. The summed E-state index contributed by atoms with van der Waals surface area (Å²) in [4.78, 5) is 0. The van der Waals surface area contributed by atoms with Gasteiger partial charge in [-0.2, -0.15) is 0 Å². The molecular formula is C18H32N2. The van der Waals surface area contributed by atoms with Crippen LogP contribution in [-0.2, 0) is 5.54 Å². The van der Waals surface area contributed by atoms with Crippen LogP contribution in [0.3, 0.4) is 0 Å². The Kier molecular flexibility index (Phi) is 7.25. The average molecular weight is 276 g/mol. The molecule has 0 spiro atoms. The summed E-state index contributed by atoms with van der Waals surface area (Å²) in [5.41, 5.74) is 9.06. The molecule has 20 heavy (non-hydrogen) atoms. The van der Waals surface area contributed by atoms with Gasteiger partial charge in [-0.1, -0.05) is 64.3 Å². The van der Waals surface area contributed by atoms with E-state index in [4.69, 9.17) is 5.73 Å². The number of hydrogen-bond acceptors (Lipinski definition) is 2. The van der Waals surface area contributed by atoms with E-state index in [-0.39, 0.29) is 11.6 Å². The Labute approximate surface area is 125 Å². The van der Waals surface area contributed by atoms with Gasteiger partial charge in [-0.25, -0.2) is 0 Å². The highest BCUT2D eigenvalue weighted by Gasteiger charge is 2.28. The predicted octanol–water partition coefficient (Wildman–Crippen LogP) is 4.50. The quantitative estimate of drug-likeness (QED) is 0.697. The number of nitrogens with one attached hydrogen (secondary N) is 1. The molecule has 1 unspecified atom stereocenters. The Balaban J connectivity index is 3.10. The number of rotatable bonds is 9. The van der Waals surface area contributed by atoms with E-state index in [1.165, 1.54) is 36.8 Å². The fourth-order valence-electron chi connectivity index (χ4n) is 3.21. The van der Waals surface area contributed by atoms with Crippen molar-refractivity contribution in [2.45, 2.75) is 70.9 Å². The van der Waals surface area contributed by atoms with Gasteiger partial charge in [-0.3, -0.25) is 0 Å². The molecule has 0 heterocycles. The van der Waals surface area contributed by atoms with E-state index in [2.05, 4.69) is 57.4 Å². The lowest BCUT2D eigenvalue weighted by molar-refractivity contribution is 0.301. The molecule has 0 bridgehead atoms. The zero-order valence-corrected chi connectivity index (χ0v) is 13.7. The summed E-state index contributed by atoms with van der Waals surface area (Å²) in [6.07, 6.45) is 6.90. The van der Waals surface area contributed by atoms with Crippen LogP contribution in [0.15, 0.2) is 24.3 Å². The second-order valence-electron chi connectivity index (χ2n) is 5.85. The maximum Gasteiger partial charge on any atom is 0.0432 e. The second-order valence-corrected chi connectivity index (χ2v) is 5.85. The maximum atomic E-state index is 6.29. The van der Waals surface area contributed by atoms with Gasteiger partial charge in [0.25, 0.3) is 0 Å². The highest BCUT2D eigenvalue weighted by molar-refractivity contribution is 5.31. The molecule has 3 N–H and O–H groups in total. The lowest BCUT2D eigenvalue weighted by Gasteiger charge is -2.34. The Bertz CT molecular complexity index is 381. The Hall–Kier alpha value is -0.860. The average Bonchev–Trinajstić information content (AvgIpc) is 2.47. The zero-order chi connectivity index (χ0) is 15.0. The molecule has 2 heteroatoms. The van der Waals surface area contributed by atoms with Gasteiger partial charge in [0.1, 0.15) is 0 Å². The summed E-state index contributed by atoms with van der Waals surface area (Å²) in [6, 6.07) is 9.07. The van der Waals surface area contributed by atoms with Crippen LogP contribution in [0.2, 0.25) is 0 Å². The van der Waals surface area contributed by atoms with Crippen molar-refractivity contribution >= 4 is 0 Å². The molecule has 1 atom stereocenters. The molecule has 0 aliphatic carbocycles. The molecule has 0 aliphatic heterocycles. The molecule has 1 aromatic carbocycles. The van der Waals surface area contributed by atoms with Gasteiger partial charge in [0, 0.05) is 11.6 Å². The molecule has 1 rings (SSSR count). The van der Waals surface area contributed by atoms with Crippen molar-refractivity contribution in [1.82, 2.24) is 5.32 Å². The van der Waals surface area contributed by atoms with Crippen molar-refractivity contribution in [2.75, 3.05) is 7.05 Å². The molecule has 0 saturated carbocycles. The second kappa shape index (κ2) is 8.43.